The van der Waals surface area contributed by atoms with Gasteiger partial charge in [0, 0.05) is 6.20 Å². The van der Waals surface area contributed by atoms with Gasteiger partial charge in [0.25, 0.3) is 0 Å². The lowest BCUT2D eigenvalue weighted by atomic mass is 9.82. The maximum absolute atomic E-state index is 12.9. The van der Waals surface area contributed by atoms with E-state index < -0.39 is 11.7 Å². The van der Waals surface area contributed by atoms with Crippen molar-refractivity contribution in [3.63, 3.8) is 0 Å². The predicted molar refractivity (Wildman–Crippen MR) is 59.5 cm³/mol. The number of anilines is 1. The zero-order chi connectivity index (χ0) is 12.5. The van der Waals surface area contributed by atoms with Gasteiger partial charge in [-0.25, -0.2) is 4.98 Å². The number of nitrogens with zero attached hydrogens (tertiary/aromatic N) is 1. The Balaban J connectivity index is 2.39. The average Bonchev–Trinajstić information content (AvgIpc) is 2.28. The van der Waals surface area contributed by atoms with Gasteiger partial charge < -0.3 is 5.73 Å². The number of nitrogens with two attached hydrogens (primary N) is 1. The summed E-state index contributed by atoms with van der Waals surface area (Å²) >= 11 is 0. The highest BCUT2D eigenvalue weighted by Crippen LogP contribution is 2.40. The van der Waals surface area contributed by atoms with Crippen LogP contribution in [0.3, 0.4) is 0 Å². The third-order valence-corrected chi connectivity index (χ3v) is 3.31. The Morgan fingerprint density at radius 3 is 2.41 bits per heavy atom. The predicted octanol–water partition coefficient (Wildman–Crippen LogP) is 3.73. The van der Waals surface area contributed by atoms with E-state index in [1.54, 1.807) is 0 Å². The minimum atomic E-state index is -4.34. The zero-order valence-corrected chi connectivity index (χ0v) is 9.43. The number of nitrogen functional groups attached to an aromatic ring is 1. The van der Waals surface area contributed by atoms with E-state index in [9.17, 15) is 13.2 Å². The molecule has 2 rings (SSSR count). The van der Waals surface area contributed by atoms with Crippen molar-refractivity contribution in [1.29, 1.82) is 0 Å². The molecule has 5 heteroatoms. The van der Waals surface area contributed by atoms with Crippen molar-refractivity contribution in [3.8, 4) is 0 Å². The molecule has 1 saturated carbocycles. The lowest BCUT2D eigenvalue weighted by Crippen LogP contribution is -2.15. The van der Waals surface area contributed by atoms with E-state index in [0.717, 1.165) is 38.3 Å². The molecule has 0 bridgehead atoms. The van der Waals surface area contributed by atoms with Gasteiger partial charge in [-0.05, 0) is 30.4 Å². The molecule has 2 nitrogen and oxygen atoms in total. The lowest BCUT2D eigenvalue weighted by molar-refractivity contribution is -0.138. The molecule has 1 aromatic rings. The second-order valence-corrected chi connectivity index (χ2v) is 4.53. The normalized spacial score (nSPS) is 18.3. The van der Waals surface area contributed by atoms with E-state index in [2.05, 4.69) is 4.98 Å². The molecule has 0 radical (unpaired) electrons. The van der Waals surface area contributed by atoms with Crippen LogP contribution < -0.4 is 5.73 Å². The van der Waals surface area contributed by atoms with E-state index in [0.29, 0.717) is 5.56 Å². The second kappa shape index (κ2) is 4.55. The Bertz CT molecular complexity index is 395. The van der Waals surface area contributed by atoms with Crippen molar-refractivity contribution in [1.82, 2.24) is 4.98 Å². The van der Waals surface area contributed by atoms with E-state index in [1.807, 2.05) is 0 Å². The smallest absolute Gasteiger partial charge is 0.384 e. The zero-order valence-electron chi connectivity index (χ0n) is 9.43. The van der Waals surface area contributed by atoms with Crippen LogP contribution in [0.2, 0.25) is 0 Å². The van der Waals surface area contributed by atoms with Gasteiger partial charge in [0.15, 0.2) is 0 Å². The molecule has 1 heterocycles. The van der Waals surface area contributed by atoms with Gasteiger partial charge in [-0.1, -0.05) is 19.3 Å². The maximum atomic E-state index is 12.9. The molecule has 1 aromatic heterocycles. The molecule has 0 spiro atoms. The van der Waals surface area contributed by atoms with E-state index in [-0.39, 0.29) is 11.7 Å². The first-order valence-corrected chi connectivity index (χ1v) is 5.81. The summed E-state index contributed by atoms with van der Waals surface area (Å²) in [6.45, 7) is 0. The summed E-state index contributed by atoms with van der Waals surface area (Å²) in [6, 6.07) is 1.39. The van der Waals surface area contributed by atoms with Crippen molar-refractivity contribution < 1.29 is 13.2 Å². The molecule has 0 amide bonds. The number of rotatable bonds is 1. The number of alkyl halides is 3. The molecule has 0 atom stereocenters. The molecule has 1 aliphatic rings. The Hall–Kier alpha value is -1.26. The number of hydrogen-bond donors (Lipinski definition) is 1. The highest BCUT2D eigenvalue weighted by atomic mass is 19.4. The largest absolute Gasteiger partial charge is 0.418 e. The molecule has 94 valence electrons. The standard InChI is InChI=1S/C12H15F3N2/c13-12(14,15)10-7-17-11(16)6-9(10)8-4-2-1-3-5-8/h6-8H,1-5H2,(H2,16,17). The summed E-state index contributed by atoms with van der Waals surface area (Å²) in [5, 5.41) is 0. The Kier molecular flexibility index (Phi) is 3.26. The third kappa shape index (κ3) is 2.70. The van der Waals surface area contributed by atoms with Crippen LogP contribution in [0.25, 0.3) is 0 Å². The maximum Gasteiger partial charge on any atom is 0.418 e. The summed E-state index contributed by atoms with van der Waals surface area (Å²) in [5.41, 5.74) is 5.20. The van der Waals surface area contributed by atoms with E-state index in [4.69, 9.17) is 5.73 Å². The molecular weight excluding hydrogens is 229 g/mol. The highest BCUT2D eigenvalue weighted by molar-refractivity contribution is 5.40. The van der Waals surface area contributed by atoms with Crippen molar-refractivity contribution in [2.45, 2.75) is 44.2 Å². The van der Waals surface area contributed by atoms with Crippen molar-refractivity contribution >= 4 is 5.82 Å². The fourth-order valence-corrected chi connectivity index (χ4v) is 2.48. The second-order valence-electron chi connectivity index (χ2n) is 4.53. The van der Waals surface area contributed by atoms with Crippen LogP contribution in [0.4, 0.5) is 19.0 Å². The number of hydrogen-bond acceptors (Lipinski definition) is 2. The molecule has 0 unspecified atom stereocenters. The van der Waals surface area contributed by atoms with Crippen molar-refractivity contribution in [3.05, 3.63) is 23.4 Å². The van der Waals surface area contributed by atoms with Crippen LogP contribution >= 0.6 is 0 Å². The summed E-state index contributed by atoms with van der Waals surface area (Å²) in [6.07, 6.45) is 1.23. The minimum Gasteiger partial charge on any atom is -0.384 e. The fourth-order valence-electron chi connectivity index (χ4n) is 2.48. The van der Waals surface area contributed by atoms with Crippen LogP contribution in [0.1, 0.15) is 49.1 Å². The minimum absolute atomic E-state index is 0.0225. The molecule has 1 aliphatic carbocycles. The van der Waals surface area contributed by atoms with Crippen LogP contribution in [0.5, 0.6) is 0 Å². The molecule has 2 N–H and O–H groups in total. The van der Waals surface area contributed by atoms with Gasteiger partial charge in [0.05, 0.1) is 5.56 Å². The first-order valence-electron chi connectivity index (χ1n) is 5.81. The average molecular weight is 244 g/mol. The molecule has 17 heavy (non-hydrogen) atoms. The van der Waals surface area contributed by atoms with E-state index in [1.165, 1.54) is 6.07 Å². The van der Waals surface area contributed by atoms with Gasteiger partial charge in [-0.3, -0.25) is 0 Å². The van der Waals surface area contributed by atoms with Crippen molar-refractivity contribution in [2.75, 3.05) is 5.73 Å². The highest BCUT2D eigenvalue weighted by Gasteiger charge is 2.36. The van der Waals surface area contributed by atoms with Gasteiger partial charge in [0.1, 0.15) is 5.82 Å². The number of pyridine rings is 1. The van der Waals surface area contributed by atoms with Gasteiger partial charge in [-0.15, -0.1) is 0 Å². The van der Waals surface area contributed by atoms with Crippen LogP contribution in [0.15, 0.2) is 12.3 Å². The third-order valence-electron chi connectivity index (χ3n) is 3.31. The summed E-state index contributed by atoms with van der Waals surface area (Å²) in [5.74, 6) is 0.143. The molecule has 0 aliphatic heterocycles. The number of halogens is 3. The van der Waals surface area contributed by atoms with Gasteiger partial charge in [0.2, 0.25) is 0 Å². The van der Waals surface area contributed by atoms with Crippen LogP contribution in [0, 0.1) is 0 Å². The Morgan fingerprint density at radius 2 is 1.82 bits per heavy atom. The molecular formula is C12H15F3N2. The first kappa shape index (κ1) is 12.2. The van der Waals surface area contributed by atoms with Crippen LogP contribution in [-0.2, 0) is 6.18 Å². The molecule has 0 saturated heterocycles. The first-order chi connectivity index (χ1) is 7.98. The molecule has 1 fully saturated rings. The lowest BCUT2D eigenvalue weighted by Gasteiger charge is -2.25. The summed E-state index contributed by atoms with van der Waals surface area (Å²) in [7, 11) is 0. The Morgan fingerprint density at radius 1 is 1.18 bits per heavy atom. The quantitative estimate of drug-likeness (QED) is 0.817. The Labute approximate surface area is 98.0 Å². The molecule has 0 aromatic carbocycles. The van der Waals surface area contributed by atoms with Gasteiger partial charge in [-0.2, -0.15) is 13.2 Å². The summed E-state index contributed by atoms with van der Waals surface area (Å²) < 4.78 is 38.6. The van der Waals surface area contributed by atoms with Crippen molar-refractivity contribution in [2.24, 2.45) is 0 Å². The van der Waals surface area contributed by atoms with Crippen LogP contribution in [-0.4, -0.2) is 4.98 Å². The fraction of sp³-hybridized carbons (Fsp3) is 0.583. The number of aromatic nitrogens is 1. The topological polar surface area (TPSA) is 38.9 Å². The van der Waals surface area contributed by atoms with E-state index >= 15 is 0 Å². The SMILES string of the molecule is Nc1cc(C2CCCCC2)c(C(F)(F)F)cn1. The van der Waals surface area contributed by atoms with Gasteiger partial charge >= 0.3 is 6.18 Å². The monoisotopic (exact) mass is 244 g/mol. The summed E-state index contributed by atoms with van der Waals surface area (Å²) in [4.78, 5) is 3.56.